The van der Waals surface area contributed by atoms with Crippen molar-refractivity contribution >= 4 is 17.7 Å². The Morgan fingerprint density at radius 1 is 1.24 bits per heavy atom. The van der Waals surface area contributed by atoms with E-state index in [1.807, 2.05) is 0 Å². The van der Waals surface area contributed by atoms with Gasteiger partial charge >= 0.3 is 5.97 Å². The third-order valence-electron chi connectivity index (χ3n) is 6.49. The quantitative estimate of drug-likeness (QED) is 0.486. The van der Waals surface area contributed by atoms with E-state index in [-0.39, 0.29) is 19.1 Å². The molecule has 9 heteroatoms. The van der Waals surface area contributed by atoms with E-state index >= 15 is 0 Å². The van der Waals surface area contributed by atoms with Crippen LogP contribution in [0.3, 0.4) is 0 Å². The number of halogens is 2. The molecule has 0 radical (unpaired) electrons. The van der Waals surface area contributed by atoms with Crippen molar-refractivity contribution in [1.82, 2.24) is 10.3 Å². The second-order valence-corrected chi connectivity index (χ2v) is 8.99. The molecule has 2 heterocycles. The number of aryl methyl sites for hydroxylation is 2. The summed E-state index contributed by atoms with van der Waals surface area (Å²) in [7, 11) is 0. The van der Waals surface area contributed by atoms with Crippen LogP contribution in [-0.2, 0) is 22.4 Å². The fourth-order valence-corrected chi connectivity index (χ4v) is 4.43. The first kappa shape index (κ1) is 24.1. The number of ether oxygens (including phenoxy) is 1. The molecule has 1 aliphatic heterocycles. The van der Waals surface area contributed by atoms with Crippen molar-refractivity contribution in [2.24, 2.45) is 5.92 Å². The molecule has 1 aliphatic carbocycles. The van der Waals surface area contributed by atoms with Gasteiger partial charge in [0.1, 0.15) is 23.5 Å². The van der Waals surface area contributed by atoms with Crippen LogP contribution in [0.1, 0.15) is 53.7 Å². The second kappa shape index (κ2) is 10.9. The molecule has 1 atom stereocenters. The molecule has 0 saturated heterocycles. The predicted molar refractivity (Wildman–Crippen MR) is 122 cm³/mol. The molecule has 1 amide bonds. The highest BCUT2D eigenvalue weighted by atomic mass is 19.1. The molecular weight excluding hydrogens is 444 g/mol. The third kappa shape index (κ3) is 6.08. The number of amides is 1. The van der Waals surface area contributed by atoms with Crippen molar-refractivity contribution in [2.45, 2.75) is 57.1 Å². The van der Waals surface area contributed by atoms with Crippen LogP contribution in [0.5, 0.6) is 0 Å². The number of carboxylic acids is 1. The second-order valence-electron chi connectivity index (χ2n) is 8.99. The van der Waals surface area contributed by atoms with Gasteiger partial charge in [-0.3, -0.25) is 4.79 Å². The number of carbonyl (C=O) groups is 2. The highest BCUT2D eigenvalue weighted by molar-refractivity contribution is 5.96. The summed E-state index contributed by atoms with van der Waals surface area (Å²) in [5.41, 5.74) is 1.97. The fraction of sp³-hybridized carbons (Fsp3) is 0.480. The lowest BCUT2D eigenvalue weighted by atomic mass is 9.79. The Morgan fingerprint density at radius 2 is 2.06 bits per heavy atom. The van der Waals surface area contributed by atoms with Gasteiger partial charge < -0.3 is 20.5 Å². The van der Waals surface area contributed by atoms with Gasteiger partial charge in [0.2, 0.25) is 0 Å². The van der Waals surface area contributed by atoms with Gasteiger partial charge in [0.25, 0.3) is 5.91 Å². The van der Waals surface area contributed by atoms with Crippen molar-refractivity contribution in [3.8, 4) is 0 Å². The third-order valence-corrected chi connectivity index (χ3v) is 6.49. The molecule has 0 unspecified atom stereocenters. The minimum atomic E-state index is -1.24. The van der Waals surface area contributed by atoms with E-state index in [1.54, 1.807) is 0 Å². The number of anilines is 1. The molecule has 2 aliphatic rings. The largest absolute Gasteiger partial charge is 0.480 e. The maximum absolute atomic E-state index is 13.8. The summed E-state index contributed by atoms with van der Waals surface area (Å²) in [6.07, 6.45) is 6.11. The van der Waals surface area contributed by atoms with Gasteiger partial charge in [-0.2, -0.15) is 0 Å². The van der Waals surface area contributed by atoms with Crippen LogP contribution < -0.4 is 10.6 Å². The summed E-state index contributed by atoms with van der Waals surface area (Å²) in [6.45, 7) is 1.14. The number of hydrogen-bond donors (Lipinski definition) is 3. The average Bonchev–Trinajstić information content (AvgIpc) is 2.78. The standard InChI is InChI=1S/C25H29F2N3O4/c26-17-5-8-20(21(27)14-17)24(31)30-22(25(32)33)9-11-34-19-12-15(13-19)3-6-18-7-4-16-2-1-10-28-23(16)29-18/h4-5,7-8,14-15,19,22H,1-3,6,9-13H2,(H,28,29)(H,30,31)(H,32,33)/t15-,19-,22-/m0/s1. The van der Waals surface area contributed by atoms with Gasteiger partial charge in [-0.05, 0) is 68.2 Å². The molecule has 1 saturated carbocycles. The first-order valence-electron chi connectivity index (χ1n) is 11.7. The number of carboxylic acid groups (broad SMARTS) is 1. The van der Waals surface area contributed by atoms with Crippen LogP contribution in [0.25, 0.3) is 0 Å². The molecule has 0 bridgehead atoms. The molecular formula is C25H29F2N3O4. The monoisotopic (exact) mass is 473 g/mol. The van der Waals surface area contributed by atoms with Crippen LogP contribution in [0.2, 0.25) is 0 Å². The van der Waals surface area contributed by atoms with E-state index in [0.29, 0.717) is 12.0 Å². The van der Waals surface area contributed by atoms with Crippen LogP contribution in [-0.4, -0.2) is 47.3 Å². The summed E-state index contributed by atoms with van der Waals surface area (Å²) in [5, 5.41) is 15.0. The Bertz CT molecular complexity index is 1040. The lowest BCUT2D eigenvalue weighted by Gasteiger charge is -2.35. The number of benzene rings is 1. The molecule has 1 aromatic carbocycles. The number of carbonyl (C=O) groups excluding carboxylic acids is 1. The van der Waals surface area contributed by atoms with E-state index in [1.165, 1.54) is 5.56 Å². The number of rotatable bonds is 10. The zero-order chi connectivity index (χ0) is 24.1. The zero-order valence-corrected chi connectivity index (χ0v) is 18.9. The van der Waals surface area contributed by atoms with Crippen LogP contribution in [0.4, 0.5) is 14.6 Å². The Hall–Kier alpha value is -3.07. The lowest BCUT2D eigenvalue weighted by Crippen LogP contribution is -2.42. The summed E-state index contributed by atoms with van der Waals surface area (Å²) >= 11 is 0. The Kier molecular flexibility index (Phi) is 7.72. The molecule has 34 heavy (non-hydrogen) atoms. The van der Waals surface area contributed by atoms with Gasteiger partial charge in [0.05, 0.1) is 11.7 Å². The SMILES string of the molecule is O=C(N[C@@H](CCO[C@H]1C[C@H](CCc2ccc3c(n2)NCCC3)C1)C(=O)O)c1ccc(F)cc1F. The van der Waals surface area contributed by atoms with Gasteiger partial charge in [-0.1, -0.05) is 6.07 Å². The first-order chi connectivity index (χ1) is 16.4. The maximum Gasteiger partial charge on any atom is 0.326 e. The van der Waals surface area contributed by atoms with Gasteiger partial charge in [-0.25, -0.2) is 18.6 Å². The number of aromatic nitrogens is 1. The molecule has 1 fully saturated rings. The van der Waals surface area contributed by atoms with Crippen molar-refractivity contribution in [1.29, 1.82) is 0 Å². The number of pyridine rings is 1. The molecule has 3 N–H and O–H groups in total. The average molecular weight is 474 g/mol. The van der Waals surface area contributed by atoms with Gasteiger partial charge in [-0.15, -0.1) is 0 Å². The summed E-state index contributed by atoms with van der Waals surface area (Å²) < 4.78 is 32.6. The van der Waals surface area contributed by atoms with Gasteiger partial charge in [0, 0.05) is 31.3 Å². The fourth-order valence-electron chi connectivity index (χ4n) is 4.43. The minimum absolute atomic E-state index is 0.0527. The smallest absolute Gasteiger partial charge is 0.326 e. The molecule has 7 nitrogen and oxygen atoms in total. The highest BCUT2D eigenvalue weighted by Crippen LogP contribution is 2.34. The number of hydrogen-bond acceptors (Lipinski definition) is 5. The number of nitrogens with zero attached hydrogens (tertiary/aromatic N) is 1. The van der Waals surface area contributed by atoms with E-state index in [4.69, 9.17) is 9.72 Å². The molecule has 0 spiro atoms. The zero-order valence-electron chi connectivity index (χ0n) is 18.9. The lowest BCUT2D eigenvalue weighted by molar-refractivity contribution is -0.140. The number of fused-ring (bicyclic) bond motifs is 1. The normalized spacial score (nSPS) is 19.9. The highest BCUT2D eigenvalue weighted by Gasteiger charge is 2.30. The Balaban J connectivity index is 1.16. The number of nitrogens with one attached hydrogen (secondary N) is 2. The van der Waals surface area contributed by atoms with Gasteiger partial charge in [0.15, 0.2) is 0 Å². The molecule has 4 rings (SSSR count). The van der Waals surface area contributed by atoms with E-state index in [2.05, 4.69) is 22.8 Å². The summed E-state index contributed by atoms with van der Waals surface area (Å²) in [6, 6.07) is 5.56. The van der Waals surface area contributed by atoms with E-state index < -0.39 is 35.1 Å². The van der Waals surface area contributed by atoms with Crippen molar-refractivity contribution < 1.29 is 28.2 Å². The van der Waals surface area contributed by atoms with Crippen LogP contribution >= 0.6 is 0 Å². The topological polar surface area (TPSA) is 101 Å². The predicted octanol–water partition coefficient (Wildman–Crippen LogP) is 3.72. The van der Waals surface area contributed by atoms with Crippen LogP contribution in [0.15, 0.2) is 30.3 Å². The minimum Gasteiger partial charge on any atom is -0.480 e. The molecule has 182 valence electrons. The van der Waals surface area contributed by atoms with Crippen molar-refractivity contribution in [3.05, 3.63) is 58.8 Å². The van der Waals surface area contributed by atoms with Crippen molar-refractivity contribution in [3.63, 3.8) is 0 Å². The summed E-state index contributed by atoms with van der Waals surface area (Å²) in [4.78, 5) is 28.4. The van der Waals surface area contributed by atoms with Crippen molar-refractivity contribution in [2.75, 3.05) is 18.5 Å². The molecule has 1 aromatic heterocycles. The first-order valence-corrected chi connectivity index (χ1v) is 11.7. The van der Waals surface area contributed by atoms with E-state index in [0.717, 1.165) is 68.7 Å². The maximum atomic E-state index is 13.8. The Labute approximate surface area is 196 Å². The molecule has 2 aromatic rings. The Morgan fingerprint density at radius 3 is 2.82 bits per heavy atom. The van der Waals surface area contributed by atoms with Crippen LogP contribution in [0, 0.1) is 17.6 Å². The summed E-state index contributed by atoms with van der Waals surface area (Å²) in [5.74, 6) is -2.43. The van der Waals surface area contributed by atoms with E-state index in [9.17, 15) is 23.5 Å². The number of aliphatic carboxylic acids is 1.